The first kappa shape index (κ1) is 7.67. The predicted octanol–water partition coefficient (Wildman–Crippen LogP) is 2.28. The van der Waals surface area contributed by atoms with Gasteiger partial charge in [0.2, 0.25) is 0 Å². The van der Waals surface area contributed by atoms with Crippen molar-refractivity contribution in [3.05, 3.63) is 6.42 Å². The van der Waals surface area contributed by atoms with E-state index in [9.17, 15) is 0 Å². The van der Waals surface area contributed by atoms with Gasteiger partial charge in [0, 0.05) is 0 Å². The predicted molar refractivity (Wildman–Crippen MR) is 37.2 cm³/mol. The summed E-state index contributed by atoms with van der Waals surface area (Å²) in [6.45, 7) is 4.14. The SMILES string of the molecule is C[CH]C(C=N)CCC. The molecule has 1 nitrogen and oxygen atoms in total. The van der Waals surface area contributed by atoms with Crippen LogP contribution in [0.15, 0.2) is 0 Å². The van der Waals surface area contributed by atoms with Gasteiger partial charge in [0.1, 0.15) is 0 Å². The molecule has 0 aliphatic carbocycles. The third-order valence-electron chi connectivity index (χ3n) is 1.26. The molecule has 0 aromatic heterocycles. The van der Waals surface area contributed by atoms with Crippen LogP contribution in [0.5, 0.6) is 0 Å². The Morgan fingerprint density at radius 2 is 2.25 bits per heavy atom. The van der Waals surface area contributed by atoms with Gasteiger partial charge in [-0.2, -0.15) is 0 Å². The van der Waals surface area contributed by atoms with Gasteiger partial charge in [0.05, 0.1) is 0 Å². The molecule has 1 heteroatoms. The first-order valence-corrected chi connectivity index (χ1v) is 3.15. The molecule has 0 heterocycles. The molecule has 0 fully saturated rings. The first-order chi connectivity index (χ1) is 3.85. The maximum absolute atomic E-state index is 6.91. The lowest BCUT2D eigenvalue weighted by molar-refractivity contribution is 0.692. The minimum absolute atomic E-state index is 0.417. The van der Waals surface area contributed by atoms with Gasteiger partial charge >= 0.3 is 0 Å². The molecule has 0 saturated heterocycles. The van der Waals surface area contributed by atoms with Crippen molar-refractivity contribution in [2.24, 2.45) is 5.92 Å². The molecular formula is C7H14N. The fourth-order valence-corrected chi connectivity index (χ4v) is 0.680. The Morgan fingerprint density at radius 3 is 2.38 bits per heavy atom. The van der Waals surface area contributed by atoms with Crippen molar-refractivity contribution < 1.29 is 0 Å². The van der Waals surface area contributed by atoms with E-state index in [1.54, 1.807) is 0 Å². The van der Waals surface area contributed by atoms with Gasteiger partial charge in [-0.15, -0.1) is 0 Å². The Kier molecular flexibility index (Phi) is 4.62. The zero-order chi connectivity index (χ0) is 6.41. The molecule has 0 rings (SSSR count). The standard InChI is InChI=1S/C7H14N/c1-3-5-7(4-2)6-8/h4,6-8H,3,5H2,1-2H3. The average molecular weight is 112 g/mol. The first-order valence-electron chi connectivity index (χ1n) is 3.15. The molecule has 0 saturated carbocycles. The number of nitrogens with one attached hydrogen (secondary N) is 1. The Labute approximate surface area is 51.6 Å². The lowest BCUT2D eigenvalue weighted by Crippen LogP contribution is -1.98. The van der Waals surface area contributed by atoms with Gasteiger partial charge in [-0.1, -0.05) is 20.3 Å². The van der Waals surface area contributed by atoms with E-state index in [4.69, 9.17) is 5.41 Å². The van der Waals surface area contributed by atoms with Crippen LogP contribution in [-0.2, 0) is 0 Å². The van der Waals surface area contributed by atoms with Crippen LogP contribution in [0.3, 0.4) is 0 Å². The molecule has 1 atom stereocenters. The Morgan fingerprint density at radius 1 is 1.62 bits per heavy atom. The summed E-state index contributed by atoms with van der Waals surface area (Å²) in [6.07, 6.45) is 5.87. The van der Waals surface area contributed by atoms with Gasteiger partial charge in [0.25, 0.3) is 0 Å². The molecule has 0 spiro atoms. The van der Waals surface area contributed by atoms with Crippen molar-refractivity contribution in [2.75, 3.05) is 0 Å². The summed E-state index contributed by atoms with van der Waals surface area (Å²) in [6, 6.07) is 0. The molecular weight excluding hydrogens is 98.1 g/mol. The minimum atomic E-state index is 0.417. The minimum Gasteiger partial charge on any atom is -0.313 e. The van der Waals surface area contributed by atoms with E-state index in [-0.39, 0.29) is 0 Å². The lowest BCUT2D eigenvalue weighted by atomic mass is 10.0. The van der Waals surface area contributed by atoms with E-state index in [0.717, 1.165) is 6.42 Å². The van der Waals surface area contributed by atoms with Gasteiger partial charge in [-0.25, -0.2) is 0 Å². The highest BCUT2D eigenvalue weighted by Crippen LogP contribution is 2.04. The molecule has 0 amide bonds. The van der Waals surface area contributed by atoms with Crippen LogP contribution in [-0.4, -0.2) is 6.21 Å². The van der Waals surface area contributed by atoms with Crippen LogP contribution in [0.2, 0.25) is 0 Å². The Hall–Kier alpha value is -0.330. The molecule has 1 radical (unpaired) electrons. The molecule has 1 unspecified atom stereocenters. The van der Waals surface area contributed by atoms with Crippen molar-refractivity contribution in [3.8, 4) is 0 Å². The van der Waals surface area contributed by atoms with E-state index < -0.39 is 0 Å². The zero-order valence-electron chi connectivity index (χ0n) is 5.65. The monoisotopic (exact) mass is 112 g/mol. The van der Waals surface area contributed by atoms with Crippen LogP contribution < -0.4 is 0 Å². The second kappa shape index (κ2) is 4.82. The van der Waals surface area contributed by atoms with E-state index in [1.165, 1.54) is 12.6 Å². The normalized spacial score (nSPS) is 13.2. The van der Waals surface area contributed by atoms with Crippen molar-refractivity contribution in [3.63, 3.8) is 0 Å². The molecule has 0 aromatic carbocycles. The Balaban J connectivity index is 3.21. The average Bonchev–Trinajstić information content (AvgIpc) is 1.83. The van der Waals surface area contributed by atoms with Crippen LogP contribution in [0.25, 0.3) is 0 Å². The summed E-state index contributed by atoms with van der Waals surface area (Å²) < 4.78 is 0. The van der Waals surface area contributed by atoms with E-state index in [0.29, 0.717) is 5.92 Å². The molecule has 8 heavy (non-hydrogen) atoms. The maximum Gasteiger partial charge on any atom is -0.00140 e. The second-order valence-electron chi connectivity index (χ2n) is 1.95. The summed E-state index contributed by atoms with van der Waals surface area (Å²) in [5, 5.41) is 6.91. The molecule has 0 aliphatic heterocycles. The summed E-state index contributed by atoms with van der Waals surface area (Å²) in [7, 11) is 0. The van der Waals surface area contributed by atoms with Gasteiger partial charge in [-0.05, 0) is 25.0 Å². The fourth-order valence-electron chi connectivity index (χ4n) is 0.680. The summed E-state index contributed by atoms with van der Waals surface area (Å²) >= 11 is 0. The van der Waals surface area contributed by atoms with Gasteiger partial charge in [0.15, 0.2) is 0 Å². The summed E-state index contributed by atoms with van der Waals surface area (Å²) in [5.74, 6) is 0.417. The highest BCUT2D eigenvalue weighted by Gasteiger charge is 1.97. The Bertz CT molecular complexity index is 59.4. The highest BCUT2D eigenvalue weighted by atomic mass is 14.3. The van der Waals surface area contributed by atoms with Crippen molar-refractivity contribution in [1.82, 2.24) is 0 Å². The highest BCUT2D eigenvalue weighted by molar-refractivity contribution is 5.58. The number of hydrogen-bond acceptors (Lipinski definition) is 1. The summed E-state index contributed by atoms with van der Waals surface area (Å²) in [5.41, 5.74) is 0. The number of hydrogen-bond donors (Lipinski definition) is 1. The molecule has 47 valence electrons. The van der Waals surface area contributed by atoms with E-state index in [2.05, 4.69) is 13.3 Å². The maximum atomic E-state index is 6.91. The molecule has 1 N–H and O–H groups in total. The molecule has 0 aliphatic rings. The van der Waals surface area contributed by atoms with Crippen molar-refractivity contribution >= 4 is 6.21 Å². The fraction of sp³-hybridized carbons (Fsp3) is 0.714. The van der Waals surface area contributed by atoms with Crippen LogP contribution in [0.4, 0.5) is 0 Å². The van der Waals surface area contributed by atoms with Gasteiger partial charge < -0.3 is 5.41 Å². The quantitative estimate of drug-likeness (QED) is 0.539. The third-order valence-corrected chi connectivity index (χ3v) is 1.26. The van der Waals surface area contributed by atoms with E-state index >= 15 is 0 Å². The van der Waals surface area contributed by atoms with Crippen LogP contribution >= 0.6 is 0 Å². The zero-order valence-corrected chi connectivity index (χ0v) is 5.65. The lowest BCUT2D eigenvalue weighted by Gasteiger charge is -2.03. The second-order valence-corrected chi connectivity index (χ2v) is 1.95. The van der Waals surface area contributed by atoms with Crippen molar-refractivity contribution in [1.29, 1.82) is 5.41 Å². The van der Waals surface area contributed by atoms with E-state index in [1.807, 2.05) is 6.92 Å². The smallest absolute Gasteiger partial charge is 0.00140 e. The van der Waals surface area contributed by atoms with Crippen LogP contribution in [0.1, 0.15) is 26.7 Å². The van der Waals surface area contributed by atoms with Crippen LogP contribution in [0, 0.1) is 17.7 Å². The summed E-state index contributed by atoms with van der Waals surface area (Å²) in [4.78, 5) is 0. The topological polar surface area (TPSA) is 23.9 Å². The number of rotatable bonds is 4. The third kappa shape index (κ3) is 2.78. The largest absolute Gasteiger partial charge is 0.313 e. The van der Waals surface area contributed by atoms with Crippen molar-refractivity contribution in [2.45, 2.75) is 26.7 Å². The molecule has 0 bridgehead atoms. The molecule has 0 aromatic rings. The van der Waals surface area contributed by atoms with Gasteiger partial charge in [-0.3, -0.25) is 0 Å².